The zero-order chi connectivity index (χ0) is 29.6. The first-order chi connectivity index (χ1) is 20.1. The minimum Gasteiger partial charge on any atom is -0.491 e. The Hall–Kier alpha value is -3.15. The highest BCUT2D eigenvalue weighted by Crippen LogP contribution is 2.64. The quantitative estimate of drug-likeness (QED) is 0.249. The number of hydrogen-bond acceptors (Lipinski definition) is 5. The van der Waals surface area contributed by atoms with Gasteiger partial charge in [0, 0.05) is 5.92 Å². The summed E-state index contributed by atoms with van der Waals surface area (Å²) in [5.74, 6) is 0.549. The van der Waals surface area contributed by atoms with Crippen LogP contribution in [0.4, 0.5) is 0 Å². The van der Waals surface area contributed by atoms with E-state index in [1.807, 2.05) is 13.8 Å². The maximum Gasteiger partial charge on any atom is 0.306 e. The van der Waals surface area contributed by atoms with Crippen LogP contribution in [-0.2, 0) is 38.3 Å². The molecule has 1 saturated carbocycles. The summed E-state index contributed by atoms with van der Waals surface area (Å²) in [5, 5.41) is 0. The van der Waals surface area contributed by atoms with Crippen molar-refractivity contribution in [3.8, 4) is 16.9 Å². The Kier molecular flexibility index (Phi) is 7.69. The Morgan fingerprint density at radius 3 is 2.43 bits per heavy atom. The molecule has 3 aliphatic rings. The molecule has 2 fully saturated rings. The van der Waals surface area contributed by atoms with Crippen LogP contribution in [0.2, 0.25) is 0 Å². The molecule has 1 unspecified atom stereocenters. The highest BCUT2D eigenvalue weighted by molar-refractivity contribution is 5.75. The van der Waals surface area contributed by atoms with Gasteiger partial charge in [-0.2, -0.15) is 0 Å². The Balaban J connectivity index is 1.15. The van der Waals surface area contributed by atoms with Crippen LogP contribution >= 0.6 is 0 Å². The van der Waals surface area contributed by atoms with Gasteiger partial charge in [-0.05, 0) is 134 Å². The van der Waals surface area contributed by atoms with Crippen molar-refractivity contribution < 1.29 is 23.7 Å². The summed E-state index contributed by atoms with van der Waals surface area (Å²) in [6, 6.07) is 18.0. The van der Waals surface area contributed by atoms with E-state index in [-0.39, 0.29) is 12.1 Å². The highest BCUT2D eigenvalue weighted by Gasteiger charge is 2.54. The molecule has 0 N–H and O–H groups in total. The maximum absolute atomic E-state index is 12.1. The summed E-state index contributed by atoms with van der Waals surface area (Å²) in [7, 11) is 1.49. The molecule has 0 aromatic heterocycles. The number of ether oxygens (including phenoxy) is 4. The van der Waals surface area contributed by atoms with Gasteiger partial charge in [-0.1, -0.05) is 36.4 Å². The molecule has 5 heteroatoms. The van der Waals surface area contributed by atoms with Gasteiger partial charge in [-0.3, -0.25) is 4.79 Å². The van der Waals surface area contributed by atoms with Crippen LogP contribution < -0.4 is 4.74 Å². The first-order valence-electron chi connectivity index (χ1n) is 15.4. The van der Waals surface area contributed by atoms with E-state index < -0.39 is 5.79 Å². The molecule has 3 aromatic carbocycles. The van der Waals surface area contributed by atoms with E-state index in [4.69, 9.17) is 18.9 Å². The third kappa shape index (κ3) is 5.74. The Labute approximate surface area is 250 Å². The van der Waals surface area contributed by atoms with E-state index >= 15 is 0 Å². The maximum atomic E-state index is 12.1. The number of carbonyl (C=O) groups excluding carboxylic acids is 1. The minimum atomic E-state index is -0.541. The molecule has 2 atom stereocenters. The van der Waals surface area contributed by atoms with Gasteiger partial charge in [-0.15, -0.1) is 0 Å². The predicted octanol–water partition coefficient (Wildman–Crippen LogP) is 7.58. The second kappa shape index (κ2) is 11.2. The normalized spacial score (nSPS) is 21.4. The smallest absolute Gasteiger partial charge is 0.306 e. The molecular formula is C37H44O5. The molecule has 5 nitrogen and oxygen atoms in total. The van der Waals surface area contributed by atoms with E-state index in [0.717, 1.165) is 25.0 Å². The van der Waals surface area contributed by atoms with Crippen LogP contribution in [0.15, 0.2) is 48.5 Å². The van der Waals surface area contributed by atoms with E-state index in [9.17, 15) is 4.79 Å². The number of hydrogen-bond donors (Lipinski definition) is 0. The summed E-state index contributed by atoms with van der Waals surface area (Å²) >= 11 is 0. The lowest BCUT2D eigenvalue weighted by atomic mass is 9.86. The summed E-state index contributed by atoms with van der Waals surface area (Å²) in [5.41, 5.74) is 12.2. The highest BCUT2D eigenvalue weighted by atomic mass is 16.7. The van der Waals surface area contributed by atoms with E-state index in [0.29, 0.717) is 31.0 Å². The second-order valence-corrected chi connectivity index (χ2v) is 13.2. The molecule has 1 spiro atoms. The minimum absolute atomic E-state index is 0.0546. The molecule has 6 rings (SSSR count). The van der Waals surface area contributed by atoms with Gasteiger partial charge in [0.2, 0.25) is 0 Å². The number of methoxy groups -OCH3 is 1. The van der Waals surface area contributed by atoms with Gasteiger partial charge >= 0.3 is 5.97 Å². The van der Waals surface area contributed by atoms with Crippen LogP contribution in [0.25, 0.3) is 11.1 Å². The summed E-state index contributed by atoms with van der Waals surface area (Å²) in [4.78, 5) is 12.1. The number of rotatable bonds is 9. The monoisotopic (exact) mass is 568 g/mol. The SMILES string of the molecule is COC(=O)CC1c2ccc(CCc3cccc(-c4c(C)cc(OC[C@@H]5COC(C)(C)O5)cc4C)c3C)cc2CC12CC2. The van der Waals surface area contributed by atoms with E-state index in [1.54, 1.807) is 0 Å². The molecule has 3 aromatic rings. The number of aryl methyl sites for hydroxylation is 4. The standard InChI is InChI=1S/C37H44O5/c1-23-16-29(40-21-30-22-41-36(4,5)42-30)17-24(2)35(23)31-9-7-8-27(25(31)3)12-10-26-11-13-32-28(18-26)20-37(14-15-37)33(32)19-34(38)39-6/h7-9,11,13,16-18,30,33H,10,12,14-15,19-22H2,1-6H3/t30-,33?/m1/s1. The number of benzene rings is 3. The molecule has 1 heterocycles. The fourth-order valence-corrected chi connectivity index (χ4v) is 7.37. The molecule has 1 saturated heterocycles. The predicted molar refractivity (Wildman–Crippen MR) is 165 cm³/mol. The average molecular weight is 569 g/mol. The van der Waals surface area contributed by atoms with Gasteiger partial charge in [0.1, 0.15) is 18.5 Å². The summed E-state index contributed by atoms with van der Waals surface area (Å²) in [6.07, 6.45) is 5.99. The summed E-state index contributed by atoms with van der Waals surface area (Å²) < 4.78 is 22.7. The van der Waals surface area contributed by atoms with Crippen molar-refractivity contribution in [1.29, 1.82) is 0 Å². The Morgan fingerprint density at radius 2 is 1.76 bits per heavy atom. The Morgan fingerprint density at radius 1 is 1.00 bits per heavy atom. The van der Waals surface area contributed by atoms with Crippen molar-refractivity contribution >= 4 is 5.97 Å². The fraction of sp³-hybridized carbons (Fsp3) is 0.486. The number of fused-ring (bicyclic) bond motifs is 1. The molecule has 0 radical (unpaired) electrons. The molecule has 222 valence electrons. The number of esters is 1. The van der Waals surface area contributed by atoms with Gasteiger partial charge in [0.25, 0.3) is 0 Å². The summed E-state index contributed by atoms with van der Waals surface area (Å²) in [6.45, 7) is 11.5. The van der Waals surface area contributed by atoms with Gasteiger partial charge in [0.15, 0.2) is 5.79 Å². The topological polar surface area (TPSA) is 54.0 Å². The van der Waals surface area contributed by atoms with Crippen molar-refractivity contribution in [2.75, 3.05) is 20.3 Å². The van der Waals surface area contributed by atoms with Crippen LogP contribution in [0.1, 0.15) is 78.0 Å². The first-order valence-corrected chi connectivity index (χ1v) is 15.4. The zero-order valence-electron chi connectivity index (χ0n) is 26.0. The van der Waals surface area contributed by atoms with Gasteiger partial charge < -0.3 is 18.9 Å². The molecule has 1 aliphatic heterocycles. The van der Waals surface area contributed by atoms with Crippen molar-refractivity contribution in [3.05, 3.63) is 87.5 Å². The van der Waals surface area contributed by atoms with Crippen molar-refractivity contribution in [2.45, 2.75) is 91.0 Å². The third-order valence-corrected chi connectivity index (χ3v) is 9.76. The molecule has 2 aliphatic carbocycles. The fourth-order valence-electron chi connectivity index (χ4n) is 7.37. The largest absolute Gasteiger partial charge is 0.491 e. The molecular weight excluding hydrogens is 524 g/mol. The van der Waals surface area contributed by atoms with Gasteiger partial charge in [-0.25, -0.2) is 0 Å². The molecule has 0 bridgehead atoms. The van der Waals surface area contributed by atoms with Gasteiger partial charge in [0.05, 0.1) is 20.1 Å². The molecule has 0 amide bonds. The van der Waals surface area contributed by atoms with Crippen LogP contribution in [0, 0.1) is 26.2 Å². The second-order valence-electron chi connectivity index (χ2n) is 13.2. The van der Waals surface area contributed by atoms with Crippen LogP contribution in [-0.4, -0.2) is 38.2 Å². The van der Waals surface area contributed by atoms with Crippen molar-refractivity contribution in [2.24, 2.45) is 5.41 Å². The lowest BCUT2D eigenvalue weighted by molar-refractivity contribution is -0.142. The van der Waals surface area contributed by atoms with E-state index in [1.165, 1.54) is 70.0 Å². The zero-order valence-corrected chi connectivity index (χ0v) is 26.0. The van der Waals surface area contributed by atoms with Crippen LogP contribution in [0.5, 0.6) is 5.75 Å². The third-order valence-electron chi connectivity index (χ3n) is 9.76. The average Bonchev–Trinajstić information content (AvgIpc) is 3.55. The van der Waals surface area contributed by atoms with E-state index in [2.05, 4.69) is 69.3 Å². The lowest BCUT2D eigenvalue weighted by Crippen LogP contribution is -2.25. The lowest BCUT2D eigenvalue weighted by Gasteiger charge is -2.19. The number of carbonyl (C=O) groups is 1. The molecule has 42 heavy (non-hydrogen) atoms. The Bertz CT molecular complexity index is 1470. The van der Waals surface area contributed by atoms with Crippen molar-refractivity contribution in [3.63, 3.8) is 0 Å². The van der Waals surface area contributed by atoms with Crippen LogP contribution in [0.3, 0.4) is 0 Å². The van der Waals surface area contributed by atoms with Crippen molar-refractivity contribution in [1.82, 2.24) is 0 Å². The first kappa shape index (κ1) is 28.9.